The lowest BCUT2D eigenvalue weighted by molar-refractivity contribution is -0.00000193. The minimum absolute atomic E-state index is 0. The van der Waals surface area contributed by atoms with E-state index in [0.717, 1.165) is 0 Å². The number of rotatable bonds is 0. The van der Waals surface area contributed by atoms with E-state index in [0.29, 0.717) is 0 Å². The molecule has 0 aliphatic heterocycles. The molecule has 7 heteroatoms. The van der Waals surface area contributed by atoms with Crippen molar-refractivity contribution in [2.24, 2.45) is 0 Å². The normalized spacial score (nSPS) is 6.88. The molecule has 1 N–H and O–H groups in total. The molecule has 0 saturated heterocycles. The molecule has 0 unspecified atom stereocenters. The van der Waals surface area contributed by atoms with E-state index >= 15 is 0 Å². The lowest BCUT2D eigenvalue weighted by atomic mass is 11.1. The fourth-order valence-electron chi connectivity index (χ4n) is 0.199. The smallest absolute Gasteiger partial charge is 0.606 e. The van der Waals surface area contributed by atoms with Crippen LogP contribution in [-0.4, -0.2) is 20.6 Å². The molecular formula is CHClN6. The van der Waals surface area contributed by atoms with Crippen LogP contribution in [0.25, 0.3) is 4.98 Å². The Labute approximate surface area is 50.3 Å². The number of aromatic amines is 1. The van der Waals surface area contributed by atoms with Gasteiger partial charge >= 0.3 is 5.95 Å². The van der Waals surface area contributed by atoms with Crippen LogP contribution in [0.4, 0.5) is 5.95 Å². The third-order valence-corrected chi connectivity index (χ3v) is 0.424. The zero-order chi connectivity index (χ0) is 5.11. The Morgan fingerprint density at radius 2 is 2.38 bits per heavy atom. The van der Waals surface area contributed by atoms with Crippen molar-refractivity contribution in [2.45, 2.75) is 0 Å². The molecular weight excluding hydrogens is 132 g/mol. The van der Waals surface area contributed by atoms with Crippen molar-refractivity contribution in [2.75, 3.05) is 0 Å². The Hall–Kier alpha value is -1.22. The summed E-state index contributed by atoms with van der Waals surface area (Å²) in [5.41, 5.74) is 0. The zero-order valence-corrected chi connectivity index (χ0v) is 4.37. The molecule has 0 radical (unpaired) electrons. The highest BCUT2D eigenvalue weighted by atomic mass is 35.5. The van der Waals surface area contributed by atoms with E-state index in [1.165, 1.54) is 0 Å². The molecule has 8 heavy (non-hydrogen) atoms. The quantitative estimate of drug-likeness (QED) is 0.375. The monoisotopic (exact) mass is 132 g/mol. The van der Waals surface area contributed by atoms with Gasteiger partial charge in [0.15, 0.2) is 0 Å². The largest absolute Gasteiger partial charge is 1.00 e. The van der Waals surface area contributed by atoms with Gasteiger partial charge in [-0.2, -0.15) is 0 Å². The number of aromatic nitrogens is 4. The van der Waals surface area contributed by atoms with Crippen molar-refractivity contribution in [1.29, 1.82) is 5.39 Å². The Kier molecular flexibility index (Phi) is 2.43. The van der Waals surface area contributed by atoms with Gasteiger partial charge in [0, 0.05) is 5.21 Å². The van der Waals surface area contributed by atoms with E-state index in [2.05, 4.69) is 25.6 Å². The van der Waals surface area contributed by atoms with Gasteiger partial charge in [0.25, 0.3) is 0 Å². The van der Waals surface area contributed by atoms with Crippen LogP contribution >= 0.6 is 0 Å². The van der Waals surface area contributed by atoms with Crippen molar-refractivity contribution in [1.82, 2.24) is 20.6 Å². The van der Waals surface area contributed by atoms with Crippen molar-refractivity contribution in [3.05, 3.63) is 4.98 Å². The lowest BCUT2D eigenvalue weighted by Crippen LogP contribution is -3.00. The lowest BCUT2D eigenvalue weighted by Gasteiger charge is -1.40. The molecule has 0 aromatic carbocycles. The van der Waals surface area contributed by atoms with E-state index in [9.17, 15) is 0 Å². The highest BCUT2D eigenvalue weighted by Gasteiger charge is 2.06. The molecule has 0 spiro atoms. The van der Waals surface area contributed by atoms with Crippen LogP contribution in [0.1, 0.15) is 0 Å². The fraction of sp³-hybridized carbons (Fsp3) is 0. The van der Waals surface area contributed by atoms with Gasteiger partial charge in [0.1, 0.15) is 0 Å². The molecule has 1 aromatic rings. The number of nitrogens with zero attached hydrogens (tertiary/aromatic N) is 5. The SMILES string of the molecule is N#[N+]c1nn[nH]n1.[Cl-]. The first kappa shape index (κ1) is 6.78. The summed E-state index contributed by atoms with van der Waals surface area (Å²) in [6.07, 6.45) is 0. The number of nitrogens with one attached hydrogen (secondary N) is 1. The first-order chi connectivity index (χ1) is 3.43. The van der Waals surface area contributed by atoms with E-state index in [1.54, 1.807) is 0 Å². The number of H-pyrrole nitrogens is 1. The molecule has 0 aliphatic rings. The van der Waals surface area contributed by atoms with Gasteiger partial charge in [0.2, 0.25) is 0 Å². The van der Waals surface area contributed by atoms with Gasteiger partial charge in [-0.05, 0) is 4.98 Å². The average Bonchev–Trinajstić information content (AvgIpc) is 2.14. The summed E-state index contributed by atoms with van der Waals surface area (Å²) < 4.78 is 0. The Balaban J connectivity index is 0.000000490. The molecule has 6 nitrogen and oxygen atoms in total. The maximum absolute atomic E-state index is 7.87. The van der Waals surface area contributed by atoms with Crippen LogP contribution in [-0.2, 0) is 0 Å². The van der Waals surface area contributed by atoms with E-state index in [-0.39, 0.29) is 18.4 Å². The minimum Gasteiger partial charge on any atom is -1.00 e. The van der Waals surface area contributed by atoms with E-state index < -0.39 is 0 Å². The van der Waals surface area contributed by atoms with Crippen LogP contribution in [0.5, 0.6) is 0 Å². The van der Waals surface area contributed by atoms with Crippen molar-refractivity contribution in [3.63, 3.8) is 0 Å². The summed E-state index contributed by atoms with van der Waals surface area (Å²) in [6, 6.07) is 0. The second-order valence-corrected chi connectivity index (χ2v) is 0.812. The Morgan fingerprint density at radius 1 is 1.62 bits per heavy atom. The van der Waals surface area contributed by atoms with Crippen molar-refractivity contribution >= 4 is 5.95 Å². The van der Waals surface area contributed by atoms with Gasteiger partial charge < -0.3 is 12.4 Å². The van der Waals surface area contributed by atoms with Crippen LogP contribution in [0, 0.1) is 5.39 Å². The molecule has 1 rings (SSSR count). The molecule has 1 heterocycles. The third kappa shape index (κ3) is 1.13. The summed E-state index contributed by atoms with van der Waals surface area (Å²) in [7, 11) is 0. The molecule has 0 bridgehead atoms. The molecule has 0 atom stereocenters. The van der Waals surface area contributed by atoms with Gasteiger partial charge in [-0.25, -0.2) is 0 Å². The predicted molar refractivity (Wildman–Crippen MR) is 18.9 cm³/mol. The van der Waals surface area contributed by atoms with Crippen molar-refractivity contribution < 1.29 is 12.4 Å². The number of halogens is 1. The zero-order valence-electron chi connectivity index (χ0n) is 3.61. The summed E-state index contributed by atoms with van der Waals surface area (Å²) >= 11 is 0. The third-order valence-electron chi connectivity index (χ3n) is 0.424. The van der Waals surface area contributed by atoms with Gasteiger partial charge in [-0.15, -0.1) is 0 Å². The molecule has 0 amide bonds. The molecule has 42 valence electrons. The number of hydrogen-bond donors (Lipinski definition) is 1. The van der Waals surface area contributed by atoms with Crippen LogP contribution in [0.2, 0.25) is 0 Å². The van der Waals surface area contributed by atoms with Crippen molar-refractivity contribution in [3.8, 4) is 0 Å². The minimum atomic E-state index is -0.0556. The van der Waals surface area contributed by atoms with Gasteiger partial charge in [-0.3, -0.25) is 0 Å². The topological polar surface area (TPSA) is 82.6 Å². The first-order valence-electron chi connectivity index (χ1n) is 1.52. The molecule has 0 aliphatic carbocycles. The van der Waals surface area contributed by atoms with Crippen LogP contribution < -0.4 is 12.4 Å². The molecule has 0 saturated carbocycles. The van der Waals surface area contributed by atoms with E-state index in [4.69, 9.17) is 5.39 Å². The fourth-order valence-corrected chi connectivity index (χ4v) is 0.199. The maximum atomic E-state index is 7.87. The summed E-state index contributed by atoms with van der Waals surface area (Å²) in [5, 5.41) is 19.6. The average molecular weight is 133 g/mol. The standard InChI is InChI=1S/CHN6.ClH/c2-3-1-4-6-7-5-1;/h(H,4,5,6,7);1H/q+1;/p-1. The number of hydrogen-bond acceptors (Lipinski definition) is 4. The van der Waals surface area contributed by atoms with Crippen LogP contribution in [0.15, 0.2) is 0 Å². The molecule has 1 aromatic heterocycles. The number of diazo groups is 1. The predicted octanol–water partition coefficient (Wildman–Crippen LogP) is -3.31. The first-order valence-corrected chi connectivity index (χ1v) is 1.52. The summed E-state index contributed by atoms with van der Waals surface area (Å²) in [4.78, 5) is 2.61. The second-order valence-electron chi connectivity index (χ2n) is 0.812. The highest BCUT2D eigenvalue weighted by molar-refractivity contribution is 5.16. The Bertz CT molecular complexity index is 171. The van der Waals surface area contributed by atoms with Crippen LogP contribution in [0.3, 0.4) is 0 Å². The Morgan fingerprint density at radius 3 is 2.62 bits per heavy atom. The summed E-state index contributed by atoms with van der Waals surface area (Å²) in [6.45, 7) is 0. The molecule has 0 fully saturated rings. The van der Waals surface area contributed by atoms with Gasteiger partial charge in [-0.1, -0.05) is 5.21 Å². The van der Waals surface area contributed by atoms with Gasteiger partial charge in [0.05, 0.1) is 15.6 Å². The highest BCUT2D eigenvalue weighted by Crippen LogP contribution is 1.91. The number of tetrazole rings is 1. The summed E-state index contributed by atoms with van der Waals surface area (Å²) in [5.74, 6) is -0.0556. The van der Waals surface area contributed by atoms with E-state index in [1.807, 2.05) is 0 Å². The maximum Gasteiger partial charge on any atom is 0.606 e. The second kappa shape index (κ2) is 2.87.